The molecule has 0 aromatic heterocycles. The Morgan fingerprint density at radius 1 is 1.00 bits per heavy atom. The fourth-order valence-electron chi connectivity index (χ4n) is 2.08. The van der Waals surface area contributed by atoms with Gasteiger partial charge in [-0.1, -0.05) is 36.4 Å². The number of methoxy groups -OCH3 is 1. The van der Waals surface area contributed by atoms with Gasteiger partial charge in [-0.2, -0.15) is 0 Å². The van der Waals surface area contributed by atoms with Crippen LogP contribution in [0.5, 0.6) is 0 Å². The lowest BCUT2D eigenvalue weighted by molar-refractivity contribution is 0.374. The van der Waals surface area contributed by atoms with E-state index in [0.29, 0.717) is 0 Å². The van der Waals surface area contributed by atoms with Gasteiger partial charge in [0.1, 0.15) is 5.76 Å². The van der Waals surface area contributed by atoms with Crippen LogP contribution in [0.1, 0.15) is 11.1 Å². The smallest absolute Gasteiger partial charge is 0.127 e. The minimum Gasteiger partial charge on any atom is -0.496 e. The normalized spacial score (nSPS) is 13.1. The Hall–Kier alpha value is -1.76. The van der Waals surface area contributed by atoms with E-state index in [4.69, 9.17) is 4.74 Å². The van der Waals surface area contributed by atoms with E-state index in [1.807, 2.05) is 0 Å². The van der Waals surface area contributed by atoms with Gasteiger partial charge in [-0.05, 0) is 22.4 Å². The summed E-state index contributed by atoms with van der Waals surface area (Å²) in [6, 6.07) is 12.6. The molecule has 1 aliphatic rings. The first kappa shape index (κ1) is 7.63. The highest BCUT2D eigenvalue weighted by molar-refractivity contribution is 6.07. The third-order valence-electron chi connectivity index (χ3n) is 2.71. The zero-order valence-electron chi connectivity index (χ0n) is 7.95. The van der Waals surface area contributed by atoms with Gasteiger partial charge in [0.15, 0.2) is 0 Å². The summed E-state index contributed by atoms with van der Waals surface area (Å²) in [7, 11) is 1.72. The van der Waals surface area contributed by atoms with Crippen molar-refractivity contribution in [3.8, 4) is 0 Å². The highest BCUT2D eigenvalue weighted by Crippen LogP contribution is 2.36. The topological polar surface area (TPSA) is 9.23 Å². The fourth-order valence-corrected chi connectivity index (χ4v) is 2.08. The van der Waals surface area contributed by atoms with Crippen LogP contribution < -0.4 is 0 Å². The third kappa shape index (κ3) is 0.841. The Morgan fingerprint density at radius 2 is 1.79 bits per heavy atom. The molecule has 0 unspecified atom stereocenters. The van der Waals surface area contributed by atoms with Crippen LogP contribution in [-0.2, 0) is 4.74 Å². The van der Waals surface area contributed by atoms with E-state index in [0.717, 1.165) is 5.76 Å². The van der Waals surface area contributed by atoms with E-state index >= 15 is 0 Å². The monoisotopic (exact) mass is 182 g/mol. The van der Waals surface area contributed by atoms with E-state index in [1.165, 1.54) is 21.9 Å². The van der Waals surface area contributed by atoms with Crippen LogP contribution in [0, 0.1) is 0 Å². The molecule has 0 bridgehead atoms. The van der Waals surface area contributed by atoms with Crippen LogP contribution in [0.15, 0.2) is 36.4 Å². The van der Waals surface area contributed by atoms with Crippen LogP contribution >= 0.6 is 0 Å². The third-order valence-corrected chi connectivity index (χ3v) is 2.71. The Kier molecular flexibility index (Phi) is 1.42. The zero-order valence-corrected chi connectivity index (χ0v) is 7.95. The molecule has 0 spiro atoms. The summed E-state index contributed by atoms with van der Waals surface area (Å²) in [5.74, 6) is 0.969. The molecule has 1 aliphatic carbocycles. The van der Waals surface area contributed by atoms with Gasteiger partial charge in [-0.3, -0.25) is 0 Å². The molecule has 0 heterocycles. The van der Waals surface area contributed by atoms with Gasteiger partial charge < -0.3 is 4.74 Å². The van der Waals surface area contributed by atoms with Crippen molar-refractivity contribution < 1.29 is 4.74 Å². The average Bonchev–Trinajstić information content (AvgIpc) is 2.60. The minimum atomic E-state index is 0.969. The molecule has 3 rings (SSSR count). The Morgan fingerprint density at radius 3 is 2.57 bits per heavy atom. The lowest BCUT2D eigenvalue weighted by Crippen LogP contribution is -1.83. The first-order chi connectivity index (χ1) is 6.90. The molecule has 14 heavy (non-hydrogen) atoms. The largest absolute Gasteiger partial charge is 0.496 e. The Bertz CT molecular complexity index is 533. The summed E-state index contributed by atoms with van der Waals surface area (Å²) in [4.78, 5) is 0. The minimum absolute atomic E-state index is 0.969. The van der Waals surface area contributed by atoms with E-state index < -0.39 is 0 Å². The van der Waals surface area contributed by atoms with Crippen molar-refractivity contribution >= 4 is 22.6 Å². The van der Waals surface area contributed by atoms with Gasteiger partial charge in [-0.25, -0.2) is 0 Å². The molecule has 68 valence electrons. The number of rotatable bonds is 1. The second-order valence-corrected chi connectivity index (χ2v) is 3.46. The fraction of sp³-hybridized carbons (Fsp3) is 0.0769. The van der Waals surface area contributed by atoms with Crippen LogP contribution in [0.3, 0.4) is 0 Å². The average molecular weight is 182 g/mol. The van der Waals surface area contributed by atoms with Crippen molar-refractivity contribution in [1.29, 1.82) is 0 Å². The lowest BCUT2D eigenvalue weighted by atomic mass is 10.0. The van der Waals surface area contributed by atoms with Gasteiger partial charge in [0.05, 0.1) is 7.11 Å². The van der Waals surface area contributed by atoms with Crippen molar-refractivity contribution in [2.24, 2.45) is 0 Å². The quantitative estimate of drug-likeness (QED) is 0.657. The number of benzene rings is 2. The van der Waals surface area contributed by atoms with Crippen LogP contribution in [0.25, 0.3) is 22.6 Å². The molecule has 0 aliphatic heterocycles. The first-order valence-electron chi connectivity index (χ1n) is 4.68. The molecule has 2 aromatic rings. The lowest BCUT2D eigenvalue weighted by Gasteiger charge is -2.03. The SMILES string of the molecule is COC1=Cc2cccc3cccc1c23. The standard InChI is InChI=1S/C13H10O/c1-14-12-8-10-6-2-4-9-5-3-7-11(12)13(9)10/h2-8H,1H3. The second kappa shape index (κ2) is 2.61. The maximum absolute atomic E-state index is 5.34. The molecule has 0 N–H and O–H groups in total. The molecular formula is C13H10O. The van der Waals surface area contributed by atoms with Crippen molar-refractivity contribution in [2.75, 3.05) is 7.11 Å². The van der Waals surface area contributed by atoms with Gasteiger partial charge in [0.25, 0.3) is 0 Å². The molecule has 0 amide bonds. The van der Waals surface area contributed by atoms with Crippen molar-refractivity contribution in [1.82, 2.24) is 0 Å². The molecule has 1 nitrogen and oxygen atoms in total. The summed E-state index contributed by atoms with van der Waals surface area (Å²) in [5.41, 5.74) is 2.47. The number of hydrogen-bond acceptors (Lipinski definition) is 1. The first-order valence-corrected chi connectivity index (χ1v) is 4.68. The molecule has 0 saturated heterocycles. The summed E-state index contributed by atoms with van der Waals surface area (Å²) >= 11 is 0. The highest BCUT2D eigenvalue weighted by Gasteiger charge is 2.15. The van der Waals surface area contributed by atoms with Gasteiger partial charge in [-0.15, -0.1) is 0 Å². The Labute approximate surface area is 82.6 Å². The maximum atomic E-state index is 5.34. The van der Waals surface area contributed by atoms with E-state index in [2.05, 4.69) is 42.5 Å². The van der Waals surface area contributed by atoms with E-state index in [-0.39, 0.29) is 0 Å². The van der Waals surface area contributed by atoms with Gasteiger partial charge in [0.2, 0.25) is 0 Å². The molecule has 1 heteroatoms. The zero-order chi connectivity index (χ0) is 9.54. The van der Waals surface area contributed by atoms with Gasteiger partial charge >= 0.3 is 0 Å². The summed E-state index contributed by atoms with van der Waals surface area (Å²) in [5, 5.41) is 2.59. The molecule has 0 atom stereocenters. The van der Waals surface area contributed by atoms with Crippen LogP contribution in [0.4, 0.5) is 0 Å². The number of hydrogen-bond donors (Lipinski definition) is 0. The number of ether oxygens (including phenoxy) is 1. The molecule has 0 fully saturated rings. The summed E-state index contributed by atoms with van der Waals surface area (Å²) in [6.45, 7) is 0. The second-order valence-electron chi connectivity index (χ2n) is 3.46. The maximum Gasteiger partial charge on any atom is 0.127 e. The van der Waals surface area contributed by atoms with Crippen molar-refractivity contribution in [2.45, 2.75) is 0 Å². The summed E-state index contributed by atoms with van der Waals surface area (Å²) in [6.07, 6.45) is 2.09. The van der Waals surface area contributed by atoms with Crippen LogP contribution in [-0.4, -0.2) is 7.11 Å². The van der Waals surface area contributed by atoms with Gasteiger partial charge in [0, 0.05) is 5.56 Å². The summed E-state index contributed by atoms with van der Waals surface area (Å²) < 4.78 is 5.34. The molecular weight excluding hydrogens is 172 g/mol. The highest BCUT2D eigenvalue weighted by atomic mass is 16.5. The molecule has 0 radical (unpaired) electrons. The van der Waals surface area contributed by atoms with Crippen molar-refractivity contribution in [3.05, 3.63) is 47.5 Å². The predicted molar refractivity (Wildman–Crippen MR) is 58.8 cm³/mol. The van der Waals surface area contributed by atoms with E-state index in [9.17, 15) is 0 Å². The van der Waals surface area contributed by atoms with E-state index in [1.54, 1.807) is 7.11 Å². The predicted octanol–water partition coefficient (Wildman–Crippen LogP) is 3.30. The molecule has 2 aromatic carbocycles. The Balaban J connectivity index is 2.46. The van der Waals surface area contributed by atoms with Crippen molar-refractivity contribution in [3.63, 3.8) is 0 Å². The van der Waals surface area contributed by atoms with Crippen LogP contribution in [0.2, 0.25) is 0 Å². The molecule has 0 saturated carbocycles.